The summed E-state index contributed by atoms with van der Waals surface area (Å²) >= 11 is 0. The number of hydrogen-bond acceptors (Lipinski definition) is 5. The molecule has 144 valence electrons. The number of carbonyl (C=O) groups excluding carboxylic acids is 1. The molecule has 0 N–H and O–H groups in total. The van der Waals surface area contributed by atoms with Gasteiger partial charge in [-0.05, 0) is 49.4 Å². The third-order valence-electron chi connectivity index (χ3n) is 5.90. The molecule has 6 nitrogen and oxygen atoms in total. The van der Waals surface area contributed by atoms with Gasteiger partial charge in [-0.2, -0.15) is 0 Å². The first-order chi connectivity index (χ1) is 12.5. The molecule has 6 heteroatoms. The second-order valence-electron chi connectivity index (χ2n) is 8.00. The van der Waals surface area contributed by atoms with Crippen molar-refractivity contribution in [3.8, 4) is 0 Å². The minimum absolute atomic E-state index is 0.294. The number of likely N-dealkylation sites (tertiary alicyclic amines) is 2. The van der Waals surface area contributed by atoms with Crippen LogP contribution in [0.5, 0.6) is 0 Å². The van der Waals surface area contributed by atoms with Crippen LogP contribution in [0.15, 0.2) is 18.3 Å². The van der Waals surface area contributed by atoms with Crippen molar-refractivity contribution in [2.24, 2.45) is 5.41 Å². The van der Waals surface area contributed by atoms with Gasteiger partial charge in [-0.1, -0.05) is 6.07 Å². The molecule has 0 bridgehead atoms. The van der Waals surface area contributed by atoms with Gasteiger partial charge in [0.15, 0.2) is 0 Å². The number of rotatable bonds is 6. The summed E-state index contributed by atoms with van der Waals surface area (Å²) in [5, 5.41) is 0. The summed E-state index contributed by atoms with van der Waals surface area (Å²) in [5.74, 6) is 1.29. The molecular formula is C20H32N4O2. The molecule has 0 unspecified atom stereocenters. The first-order valence-corrected chi connectivity index (χ1v) is 9.63. The van der Waals surface area contributed by atoms with Crippen LogP contribution in [0.3, 0.4) is 0 Å². The minimum atomic E-state index is 0.294. The average molecular weight is 361 g/mol. The standard InChI is InChI=1S/C20H32N4O2/c1-22(2)18-5-4-17(14-21-18)15-23-10-8-20(9-11-23)7-6-19(25)24(16-20)12-13-26-3/h4-5,14H,6-13,15-16H2,1-3H3. The molecule has 0 atom stereocenters. The number of hydrogen-bond donors (Lipinski definition) is 0. The van der Waals surface area contributed by atoms with Crippen LogP contribution in [0, 0.1) is 5.41 Å². The minimum Gasteiger partial charge on any atom is -0.383 e. The van der Waals surface area contributed by atoms with Crippen molar-refractivity contribution in [2.45, 2.75) is 32.2 Å². The molecule has 2 aliphatic heterocycles. The largest absolute Gasteiger partial charge is 0.383 e. The Balaban J connectivity index is 1.52. The fourth-order valence-corrected chi connectivity index (χ4v) is 4.13. The lowest BCUT2D eigenvalue weighted by Gasteiger charge is -2.47. The summed E-state index contributed by atoms with van der Waals surface area (Å²) in [4.78, 5) is 23.2. The zero-order chi connectivity index (χ0) is 18.6. The molecule has 1 aromatic rings. The van der Waals surface area contributed by atoms with Gasteiger partial charge in [0.25, 0.3) is 0 Å². The fourth-order valence-electron chi connectivity index (χ4n) is 4.13. The van der Waals surface area contributed by atoms with Crippen LogP contribution in [0.25, 0.3) is 0 Å². The zero-order valence-electron chi connectivity index (χ0n) is 16.4. The van der Waals surface area contributed by atoms with E-state index in [2.05, 4.69) is 22.0 Å². The monoisotopic (exact) mass is 360 g/mol. The van der Waals surface area contributed by atoms with E-state index in [1.807, 2.05) is 30.1 Å². The summed E-state index contributed by atoms with van der Waals surface area (Å²) in [6, 6.07) is 4.26. The predicted molar refractivity (Wildman–Crippen MR) is 103 cm³/mol. The van der Waals surface area contributed by atoms with E-state index in [4.69, 9.17) is 4.74 Å². The molecule has 2 fully saturated rings. The Morgan fingerprint density at radius 1 is 1.23 bits per heavy atom. The third kappa shape index (κ3) is 4.54. The molecule has 3 rings (SSSR count). The van der Waals surface area contributed by atoms with Crippen LogP contribution >= 0.6 is 0 Å². The molecule has 1 aromatic heterocycles. The zero-order valence-corrected chi connectivity index (χ0v) is 16.4. The summed E-state index contributed by atoms with van der Waals surface area (Å²) in [6.45, 7) is 5.42. The molecule has 3 heterocycles. The van der Waals surface area contributed by atoms with Gasteiger partial charge in [-0.15, -0.1) is 0 Å². The maximum atomic E-state index is 12.2. The summed E-state index contributed by atoms with van der Waals surface area (Å²) in [7, 11) is 5.72. The number of nitrogens with zero attached hydrogens (tertiary/aromatic N) is 4. The molecule has 26 heavy (non-hydrogen) atoms. The highest BCUT2D eigenvalue weighted by Gasteiger charge is 2.40. The second kappa shape index (κ2) is 8.35. The van der Waals surface area contributed by atoms with Gasteiger partial charge in [0.1, 0.15) is 5.82 Å². The number of piperidine rings is 2. The van der Waals surface area contributed by atoms with Gasteiger partial charge in [0.2, 0.25) is 5.91 Å². The Morgan fingerprint density at radius 3 is 2.62 bits per heavy atom. The van der Waals surface area contributed by atoms with Crippen molar-refractivity contribution in [3.63, 3.8) is 0 Å². The first kappa shape index (κ1) is 19.1. The van der Waals surface area contributed by atoms with E-state index in [1.165, 1.54) is 18.4 Å². The quantitative estimate of drug-likeness (QED) is 0.777. The Kier molecular flexibility index (Phi) is 6.14. The first-order valence-electron chi connectivity index (χ1n) is 9.63. The number of aromatic nitrogens is 1. The number of methoxy groups -OCH3 is 1. The molecule has 0 aromatic carbocycles. The van der Waals surface area contributed by atoms with E-state index in [0.717, 1.165) is 45.0 Å². The second-order valence-corrected chi connectivity index (χ2v) is 8.00. The molecule has 0 radical (unpaired) electrons. The van der Waals surface area contributed by atoms with Crippen LogP contribution in [0.4, 0.5) is 5.82 Å². The van der Waals surface area contributed by atoms with E-state index in [9.17, 15) is 4.79 Å². The van der Waals surface area contributed by atoms with Gasteiger partial charge in [-0.3, -0.25) is 9.69 Å². The number of carbonyl (C=O) groups is 1. The van der Waals surface area contributed by atoms with Crippen LogP contribution in [-0.4, -0.2) is 74.7 Å². The molecular weight excluding hydrogens is 328 g/mol. The van der Waals surface area contributed by atoms with Crippen LogP contribution in [0.1, 0.15) is 31.2 Å². The number of pyridine rings is 1. The molecule has 2 aliphatic rings. The normalized spacial score (nSPS) is 20.6. The van der Waals surface area contributed by atoms with Gasteiger partial charge in [-0.25, -0.2) is 4.98 Å². The van der Waals surface area contributed by atoms with Crippen molar-refractivity contribution in [2.75, 3.05) is 58.9 Å². The SMILES string of the molecule is COCCN1CC2(CCC1=O)CCN(Cc1ccc(N(C)C)nc1)CC2. The van der Waals surface area contributed by atoms with E-state index in [-0.39, 0.29) is 0 Å². The maximum absolute atomic E-state index is 12.2. The fraction of sp³-hybridized carbons (Fsp3) is 0.700. The highest BCUT2D eigenvalue weighted by Crippen LogP contribution is 2.40. The summed E-state index contributed by atoms with van der Waals surface area (Å²) in [5.41, 5.74) is 1.58. The highest BCUT2D eigenvalue weighted by atomic mass is 16.5. The Bertz CT molecular complexity index is 594. The molecule has 0 aliphatic carbocycles. The van der Waals surface area contributed by atoms with Crippen molar-refractivity contribution < 1.29 is 9.53 Å². The summed E-state index contributed by atoms with van der Waals surface area (Å²) < 4.78 is 5.16. The van der Waals surface area contributed by atoms with Crippen LogP contribution in [-0.2, 0) is 16.1 Å². The maximum Gasteiger partial charge on any atom is 0.222 e. The molecule has 1 amide bonds. The lowest BCUT2D eigenvalue weighted by atomic mass is 9.72. The van der Waals surface area contributed by atoms with Gasteiger partial charge in [0.05, 0.1) is 6.61 Å². The van der Waals surface area contributed by atoms with Gasteiger partial charge < -0.3 is 14.5 Å². The number of ether oxygens (including phenoxy) is 1. The summed E-state index contributed by atoms with van der Waals surface area (Å²) in [6.07, 6.45) is 6.08. The average Bonchev–Trinajstić information content (AvgIpc) is 2.65. The van der Waals surface area contributed by atoms with Crippen LogP contribution in [0.2, 0.25) is 0 Å². The van der Waals surface area contributed by atoms with Crippen molar-refractivity contribution in [1.29, 1.82) is 0 Å². The van der Waals surface area contributed by atoms with Gasteiger partial charge >= 0.3 is 0 Å². The third-order valence-corrected chi connectivity index (χ3v) is 5.90. The number of amides is 1. The molecule has 2 saturated heterocycles. The molecule has 1 spiro atoms. The van der Waals surface area contributed by atoms with Crippen LogP contribution < -0.4 is 4.90 Å². The Labute approximate surface area is 157 Å². The Hall–Kier alpha value is -1.66. The predicted octanol–water partition coefficient (Wildman–Crippen LogP) is 2.00. The lowest BCUT2D eigenvalue weighted by molar-refractivity contribution is -0.139. The highest BCUT2D eigenvalue weighted by molar-refractivity contribution is 5.77. The van der Waals surface area contributed by atoms with E-state index in [1.54, 1.807) is 7.11 Å². The topological polar surface area (TPSA) is 48.9 Å². The van der Waals surface area contributed by atoms with E-state index >= 15 is 0 Å². The van der Waals surface area contributed by atoms with Crippen molar-refractivity contribution in [1.82, 2.24) is 14.8 Å². The van der Waals surface area contributed by atoms with Crippen molar-refractivity contribution >= 4 is 11.7 Å². The van der Waals surface area contributed by atoms with Crippen molar-refractivity contribution in [3.05, 3.63) is 23.9 Å². The Morgan fingerprint density at radius 2 is 2.00 bits per heavy atom. The van der Waals surface area contributed by atoms with E-state index < -0.39 is 0 Å². The lowest BCUT2D eigenvalue weighted by Crippen LogP contribution is -2.52. The van der Waals surface area contributed by atoms with E-state index in [0.29, 0.717) is 24.3 Å². The molecule has 0 saturated carbocycles. The smallest absolute Gasteiger partial charge is 0.222 e. The van der Waals surface area contributed by atoms with Gasteiger partial charge in [0, 0.05) is 53.5 Å². The number of anilines is 1.